The summed E-state index contributed by atoms with van der Waals surface area (Å²) in [5, 5.41) is 6.83. The van der Waals surface area contributed by atoms with Crippen LogP contribution in [0.3, 0.4) is 0 Å². The molecule has 0 spiro atoms. The minimum atomic E-state index is -0.204. The lowest BCUT2D eigenvalue weighted by Crippen LogP contribution is -2.30. The molecule has 2 amide bonds. The van der Waals surface area contributed by atoms with Gasteiger partial charge in [0, 0.05) is 12.2 Å². The molecule has 2 N–H and O–H groups in total. The van der Waals surface area contributed by atoms with Crippen molar-refractivity contribution in [1.82, 2.24) is 5.32 Å². The zero-order valence-electron chi connectivity index (χ0n) is 14.7. The highest BCUT2D eigenvalue weighted by Gasteiger charge is 2.06. The van der Waals surface area contributed by atoms with Crippen molar-refractivity contribution in [3.8, 4) is 0 Å². The normalized spacial score (nSPS) is 10.6. The Balaban J connectivity index is 1.82. The molecular weight excluding hydrogens is 355 g/mol. The van der Waals surface area contributed by atoms with Crippen LogP contribution in [0.1, 0.15) is 36.5 Å². The first kappa shape index (κ1) is 19.6. The van der Waals surface area contributed by atoms with Crippen LogP contribution in [0, 0.1) is 6.92 Å². The van der Waals surface area contributed by atoms with Crippen molar-refractivity contribution in [3.63, 3.8) is 0 Å². The quantitative estimate of drug-likeness (QED) is 0.608. The minimum Gasteiger partial charge on any atom is -0.338 e. The number of halogens is 2. The van der Waals surface area contributed by atoms with Crippen LogP contribution >= 0.6 is 23.2 Å². The maximum absolute atomic E-state index is 12.1. The number of benzene rings is 2. The number of urea groups is 1. The Hall–Kier alpha value is -1.71. The van der Waals surface area contributed by atoms with Gasteiger partial charge in [-0.05, 0) is 61.1 Å². The van der Waals surface area contributed by atoms with Gasteiger partial charge in [-0.3, -0.25) is 0 Å². The third-order valence-corrected chi connectivity index (χ3v) is 4.78. The van der Waals surface area contributed by atoms with Crippen molar-refractivity contribution >= 4 is 34.9 Å². The Labute approximate surface area is 159 Å². The van der Waals surface area contributed by atoms with Crippen molar-refractivity contribution in [1.29, 1.82) is 0 Å². The molecule has 0 aliphatic carbocycles. The van der Waals surface area contributed by atoms with Crippen molar-refractivity contribution < 1.29 is 4.79 Å². The van der Waals surface area contributed by atoms with E-state index in [1.165, 1.54) is 18.4 Å². The molecule has 0 saturated heterocycles. The Morgan fingerprint density at radius 1 is 1.00 bits per heavy atom. The Kier molecular flexibility index (Phi) is 7.60. The van der Waals surface area contributed by atoms with Crippen molar-refractivity contribution in [2.75, 3.05) is 11.9 Å². The lowest BCUT2D eigenvalue weighted by atomic mass is 10.0. The summed E-state index contributed by atoms with van der Waals surface area (Å²) in [7, 11) is 0. The first-order chi connectivity index (χ1) is 12.0. The first-order valence-electron chi connectivity index (χ1n) is 8.58. The maximum atomic E-state index is 12.1. The van der Waals surface area contributed by atoms with E-state index in [4.69, 9.17) is 23.2 Å². The predicted molar refractivity (Wildman–Crippen MR) is 107 cm³/mol. The lowest BCUT2D eigenvalue weighted by Gasteiger charge is -2.11. The highest BCUT2D eigenvalue weighted by molar-refractivity contribution is 6.42. The summed E-state index contributed by atoms with van der Waals surface area (Å²) in [4.78, 5) is 12.1. The molecule has 5 heteroatoms. The third kappa shape index (κ3) is 6.26. The molecule has 0 aliphatic rings. The molecule has 25 heavy (non-hydrogen) atoms. The molecule has 2 aromatic rings. The summed E-state index contributed by atoms with van der Waals surface area (Å²) in [6.07, 6.45) is 4.13. The number of rotatable bonds is 7. The van der Waals surface area contributed by atoms with Gasteiger partial charge in [-0.1, -0.05) is 54.7 Å². The second-order valence-electron chi connectivity index (χ2n) is 6.13. The highest BCUT2D eigenvalue weighted by Crippen LogP contribution is 2.22. The smallest absolute Gasteiger partial charge is 0.319 e. The fourth-order valence-corrected chi connectivity index (χ4v) is 2.91. The van der Waals surface area contributed by atoms with E-state index in [1.54, 1.807) is 6.07 Å². The molecule has 2 rings (SSSR count). The van der Waals surface area contributed by atoms with E-state index >= 15 is 0 Å². The molecule has 0 radical (unpaired) electrons. The number of nitrogens with one attached hydrogen (secondary N) is 2. The van der Waals surface area contributed by atoms with Crippen molar-refractivity contribution in [2.45, 2.75) is 39.5 Å². The monoisotopic (exact) mass is 378 g/mol. The predicted octanol–water partition coefficient (Wildman–Crippen LogP) is 6.01. The molecule has 0 fully saturated rings. The Bertz CT molecular complexity index is 732. The number of hydrogen-bond donors (Lipinski definition) is 2. The van der Waals surface area contributed by atoms with Crippen LogP contribution in [0.5, 0.6) is 0 Å². The van der Waals surface area contributed by atoms with Crippen molar-refractivity contribution in [3.05, 3.63) is 63.1 Å². The number of carbonyl (C=O) groups is 1. The molecule has 3 nitrogen and oxygen atoms in total. The Morgan fingerprint density at radius 3 is 2.40 bits per heavy atom. The second-order valence-corrected chi connectivity index (χ2v) is 6.95. The van der Waals surface area contributed by atoms with Crippen molar-refractivity contribution in [2.24, 2.45) is 0 Å². The van der Waals surface area contributed by atoms with E-state index in [0.717, 1.165) is 23.2 Å². The topological polar surface area (TPSA) is 41.1 Å². The van der Waals surface area contributed by atoms with Gasteiger partial charge in [-0.25, -0.2) is 4.79 Å². The molecular formula is C20H24Cl2N2O. The van der Waals surface area contributed by atoms with Gasteiger partial charge in [0.2, 0.25) is 0 Å². The van der Waals surface area contributed by atoms with Crippen LogP contribution in [0.2, 0.25) is 10.0 Å². The zero-order valence-corrected chi connectivity index (χ0v) is 16.2. The third-order valence-electron chi connectivity index (χ3n) is 4.04. The van der Waals surface area contributed by atoms with Crippen LogP contribution in [0.15, 0.2) is 36.4 Å². The van der Waals surface area contributed by atoms with Gasteiger partial charge in [0.15, 0.2) is 0 Å². The summed E-state index contributed by atoms with van der Waals surface area (Å²) in [5.41, 5.74) is 4.26. The molecule has 2 aromatic carbocycles. The lowest BCUT2D eigenvalue weighted by molar-refractivity contribution is 0.252. The Morgan fingerprint density at radius 2 is 1.72 bits per heavy atom. The minimum absolute atomic E-state index is 0.204. The standard InChI is InChI=1S/C20H24Cl2N2O/c1-3-4-5-15-7-9-19(14(2)12-15)24-20(25)23-11-10-16-6-8-17(21)18(22)13-16/h6-9,12-13H,3-5,10-11H2,1-2H3,(H2,23,24,25). The van der Waals surface area contributed by atoms with Gasteiger partial charge in [-0.15, -0.1) is 0 Å². The van der Waals surface area contributed by atoms with Gasteiger partial charge in [-0.2, -0.15) is 0 Å². The SMILES string of the molecule is CCCCc1ccc(NC(=O)NCCc2ccc(Cl)c(Cl)c2)c(C)c1. The maximum Gasteiger partial charge on any atom is 0.319 e. The summed E-state index contributed by atoms with van der Waals surface area (Å²) in [6.45, 7) is 4.73. The van der Waals surface area contributed by atoms with Crippen LogP contribution < -0.4 is 10.6 Å². The van der Waals surface area contributed by atoms with Crippen LogP contribution in [-0.2, 0) is 12.8 Å². The molecule has 134 valence electrons. The first-order valence-corrected chi connectivity index (χ1v) is 9.33. The highest BCUT2D eigenvalue weighted by atomic mass is 35.5. The van der Waals surface area contributed by atoms with E-state index in [0.29, 0.717) is 23.0 Å². The molecule has 0 bridgehead atoms. The van der Waals surface area contributed by atoms with Gasteiger partial charge in [0.05, 0.1) is 10.0 Å². The summed E-state index contributed by atoms with van der Waals surface area (Å²) in [6, 6.07) is 11.5. The van der Waals surface area contributed by atoms with E-state index < -0.39 is 0 Å². The van der Waals surface area contributed by atoms with E-state index in [-0.39, 0.29) is 6.03 Å². The largest absolute Gasteiger partial charge is 0.338 e. The average molecular weight is 379 g/mol. The number of aryl methyl sites for hydroxylation is 2. The summed E-state index contributed by atoms with van der Waals surface area (Å²) < 4.78 is 0. The van der Waals surface area contributed by atoms with Crippen LogP contribution in [0.25, 0.3) is 0 Å². The number of amides is 2. The fraction of sp³-hybridized carbons (Fsp3) is 0.350. The van der Waals surface area contributed by atoms with Crippen LogP contribution in [-0.4, -0.2) is 12.6 Å². The van der Waals surface area contributed by atoms with Gasteiger partial charge in [0.25, 0.3) is 0 Å². The molecule has 0 heterocycles. The summed E-state index contributed by atoms with van der Waals surface area (Å²) >= 11 is 11.9. The zero-order chi connectivity index (χ0) is 18.2. The molecule has 0 atom stereocenters. The average Bonchev–Trinajstić information content (AvgIpc) is 2.58. The van der Waals surface area contributed by atoms with E-state index in [1.807, 2.05) is 25.1 Å². The van der Waals surface area contributed by atoms with Gasteiger partial charge in [0.1, 0.15) is 0 Å². The van der Waals surface area contributed by atoms with Crippen LogP contribution in [0.4, 0.5) is 10.5 Å². The van der Waals surface area contributed by atoms with Gasteiger partial charge < -0.3 is 10.6 Å². The molecule has 0 saturated carbocycles. The molecule has 0 aliphatic heterocycles. The van der Waals surface area contributed by atoms with E-state index in [9.17, 15) is 4.79 Å². The number of anilines is 1. The van der Waals surface area contributed by atoms with Gasteiger partial charge >= 0.3 is 6.03 Å². The fourth-order valence-electron chi connectivity index (χ4n) is 2.58. The summed E-state index contributed by atoms with van der Waals surface area (Å²) in [5.74, 6) is 0. The second kappa shape index (κ2) is 9.69. The van der Waals surface area contributed by atoms with E-state index in [2.05, 4.69) is 29.7 Å². The number of unbranched alkanes of at least 4 members (excludes halogenated alkanes) is 1. The molecule has 0 aromatic heterocycles. The number of hydrogen-bond acceptors (Lipinski definition) is 1. The number of carbonyl (C=O) groups excluding carboxylic acids is 1. The molecule has 0 unspecified atom stereocenters.